The van der Waals surface area contributed by atoms with E-state index in [1.54, 1.807) is 25.4 Å². The van der Waals surface area contributed by atoms with E-state index < -0.39 is 17.7 Å². The smallest absolute Gasteiger partial charge is 0.166 e. The summed E-state index contributed by atoms with van der Waals surface area (Å²) < 4.78 is 35.2. The maximum Gasteiger partial charge on any atom is 0.166 e. The largest absolute Gasteiger partial charge is 0.482 e. The lowest BCUT2D eigenvalue weighted by Gasteiger charge is -2.22. The first kappa shape index (κ1) is 20.6. The molecule has 4 rings (SSSR count). The van der Waals surface area contributed by atoms with Crippen molar-refractivity contribution < 1.29 is 13.5 Å². The molecular formula is C21H22ClF2N5O. The second kappa shape index (κ2) is 8.57. The number of hydrogen-bond acceptors (Lipinski definition) is 5. The number of ether oxygens (including phenoxy) is 1. The fourth-order valence-electron chi connectivity index (χ4n) is 3.59. The van der Waals surface area contributed by atoms with E-state index in [4.69, 9.17) is 22.1 Å². The van der Waals surface area contributed by atoms with Gasteiger partial charge in [0, 0.05) is 35.2 Å². The summed E-state index contributed by atoms with van der Waals surface area (Å²) in [6.07, 6.45) is 6.72. The minimum Gasteiger partial charge on any atom is -0.482 e. The molecule has 0 radical (unpaired) electrons. The van der Waals surface area contributed by atoms with Gasteiger partial charge in [0.15, 0.2) is 11.6 Å². The van der Waals surface area contributed by atoms with E-state index in [1.807, 2.05) is 10.9 Å². The number of piperidine rings is 1. The Kier molecular flexibility index (Phi) is 5.87. The summed E-state index contributed by atoms with van der Waals surface area (Å²) in [5.74, 6) is -1.10. The van der Waals surface area contributed by atoms with Gasteiger partial charge < -0.3 is 15.8 Å². The Bertz CT molecular complexity index is 1050. The maximum absolute atomic E-state index is 13.8. The lowest BCUT2D eigenvalue weighted by Crippen LogP contribution is -2.29. The van der Waals surface area contributed by atoms with Crippen molar-refractivity contribution in [3.8, 4) is 16.9 Å². The Balaban J connectivity index is 1.57. The Hall–Kier alpha value is -2.71. The predicted molar refractivity (Wildman–Crippen MR) is 111 cm³/mol. The summed E-state index contributed by atoms with van der Waals surface area (Å²) in [4.78, 5) is 4.21. The zero-order chi connectivity index (χ0) is 21.3. The quantitative estimate of drug-likeness (QED) is 0.578. The fraction of sp³-hybridized carbons (Fsp3) is 0.333. The summed E-state index contributed by atoms with van der Waals surface area (Å²) >= 11 is 5.99. The molecule has 0 saturated carbocycles. The Morgan fingerprint density at radius 3 is 2.73 bits per heavy atom. The molecule has 1 unspecified atom stereocenters. The van der Waals surface area contributed by atoms with Crippen LogP contribution in [0.5, 0.6) is 5.75 Å². The van der Waals surface area contributed by atoms with Crippen molar-refractivity contribution in [3.05, 3.63) is 59.0 Å². The number of halogens is 3. The highest BCUT2D eigenvalue weighted by atomic mass is 35.5. The maximum atomic E-state index is 13.8. The lowest BCUT2D eigenvalue weighted by atomic mass is 10.1. The molecule has 0 bridgehead atoms. The van der Waals surface area contributed by atoms with Crippen molar-refractivity contribution in [1.82, 2.24) is 20.1 Å². The SMILES string of the molecule is CC(Oc1cc(-c2cnn(C3CCNCC3)c2)cnc1N)c1cc(F)cc(F)c1Cl. The summed E-state index contributed by atoms with van der Waals surface area (Å²) in [6, 6.07) is 3.98. The average Bonchev–Trinajstić information content (AvgIpc) is 3.23. The van der Waals surface area contributed by atoms with Crippen LogP contribution < -0.4 is 15.8 Å². The number of rotatable bonds is 5. The molecule has 3 heterocycles. The number of pyridine rings is 1. The van der Waals surface area contributed by atoms with Gasteiger partial charge in [0.1, 0.15) is 17.7 Å². The number of nitrogens with zero attached hydrogens (tertiary/aromatic N) is 3. The first-order valence-electron chi connectivity index (χ1n) is 9.74. The minimum absolute atomic E-state index is 0.171. The van der Waals surface area contributed by atoms with E-state index in [0.29, 0.717) is 11.8 Å². The second-order valence-electron chi connectivity index (χ2n) is 7.35. The summed E-state index contributed by atoms with van der Waals surface area (Å²) in [6.45, 7) is 3.59. The predicted octanol–water partition coefficient (Wildman–Crippen LogP) is 4.52. The number of anilines is 1. The highest BCUT2D eigenvalue weighted by molar-refractivity contribution is 6.31. The van der Waals surface area contributed by atoms with Crippen LogP contribution in [0, 0.1) is 11.6 Å². The van der Waals surface area contributed by atoms with Gasteiger partial charge in [0.2, 0.25) is 0 Å². The Morgan fingerprint density at radius 1 is 1.20 bits per heavy atom. The number of benzene rings is 1. The molecule has 1 saturated heterocycles. The fourth-order valence-corrected chi connectivity index (χ4v) is 3.85. The molecule has 3 N–H and O–H groups in total. The molecule has 0 spiro atoms. The van der Waals surface area contributed by atoms with Crippen LogP contribution in [0.2, 0.25) is 5.02 Å². The van der Waals surface area contributed by atoms with E-state index in [1.165, 1.54) is 0 Å². The van der Waals surface area contributed by atoms with Crippen LogP contribution in [-0.2, 0) is 0 Å². The molecule has 30 heavy (non-hydrogen) atoms. The highest BCUT2D eigenvalue weighted by Gasteiger charge is 2.19. The highest BCUT2D eigenvalue weighted by Crippen LogP contribution is 2.34. The van der Waals surface area contributed by atoms with Gasteiger partial charge in [-0.2, -0.15) is 5.10 Å². The van der Waals surface area contributed by atoms with Crippen LogP contribution >= 0.6 is 11.6 Å². The van der Waals surface area contributed by atoms with Gasteiger partial charge >= 0.3 is 0 Å². The first-order valence-corrected chi connectivity index (χ1v) is 10.1. The molecule has 3 aromatic rings. The van der Waals surface area contributed by atoms with E-state index in [-0.39, 0.29) is 16.4 Å². The summed E-state index contributed by atoms with van der Waals surface area (Å²) in [7, 11) is 0. The zero-order valence-electron chi connectivity index (χ0n) is 16.4. The molecule has 0 aliphatic carbocycles. The van der Waals surface area contributed by atoms with Gasteiger partial charge in [-0.25, -0.2) is 13.8 Å². The molecule has 9 heteroatoms. The van der Waals surface area contributed by atoms with Crippen molar-refractivity contribution >= 4 is 17.4 Å². The third-order valence-electron chi connectivity index (χ3n) is 5.26. The summed E-state index contributed by atoms with van der Waals surface area (Å²) in [5.41, 5.74) is 7.82. The van der Waals surface area contributed by atoms with E-state index in [9.17, 15) is 8.78 Å². The van der Waals surface area contributed by atoms with E-state index in [2.05, 4.69) is 15.4 Å². The molecule has 1 aliphatic heterocycles. The van der Waals surface area contributed by atoms with Crippen LogP contribution in [0.4, 0.5) is 14.6 Å². The molecule has 0 amide bonds. The monoisotopic (exact) mass is 433 g/mol. The van der Waals surface area contributed by atoms with Crippen LogP contribution in [0.15, 0.2) is 36.8 Å². The lowest BCUT2D eigenvalue weighted by molar-refractivity contribution is 0.226. The third-order valence-corrected chi connectivity index (χ3v) is 5.66. The van der Waals surface area contributed by atoms with Gasteiger partial charge in [0.25, 0.3) is 0 Å². The third kappa shape index (κ3) is 4.24. The molecular weight excluding hydrogens is 412 g/mol. The van der Waals surface area contributed by atoms with Gasteiger partial charge in [0.05, 0.1) is 17.3 Å². The molecule has 2 aromatic heterocycles. The molecule has 1 atom stereocenters. The molecule has 1 aromatic carbocycles. The molecule has 1 aliphatic rings. The normalized spacial score (nSPS) is 15.9. The van der Waals surface area contributed by atoms with Crippen LogP contribution in [0.1, 0.15) is 37.5 Å². The van der Waals surface area contributed by atoms with Crippen molar-refractivity contribution in [1.29, 1.82) is 0 Å². The Labute approximate surface area is 178 Å². The zero-order valence-corrected chi connectivity index (χ0v) is 17.2. The van der Waals surface area contributed by atoms with Crippen LogP contribution in [0.3, 0.4) is 0 Å². The van der Waals surface area contributed by atoms with Gasteiger partial charge in [-0.1, -0.05) is 11.6 Å². The van der Waals surface area contributed by atoms with Gasteiger partial charge in [-0.3, -0.25) is 4.68 Å². The molecule has 1 fully saturated rings. The topological polar surface area (TPSA) is 78.0 Å². The van der Waals surface area contributed by atoms with Gasteiger partial charge in [-0.15, -0.1) is 0 Å². The standard InChI is InChI=1S/C21H22ClF2N5O/c1-12(17-7-15(23)8-18(24)20(17)22)30-19-6-13(9-27-21(19)25)14-10-28-29(11-14)16-2-4-26-5-3-16/h6-12,16,26H,2-5H2,1H3,(H2,25,27). The van der Waals surface area contributed by atoms with E-state index >= 15 is 0 Å². The molecule has 6 nitrogen and oxygen atoms in total. The van der Waals surface area contributed by atoms with Crippen molar-refractivity contribution in [2.45, 2.75) is 31.9 Å². The number of nitrogens with one attached hydrogen (secondary N) is 1. The number of nitrogens with two attached hydrogens (primary N) is 1. The Morgan fingerprint density at radius 2 is 1.97 bits per heavy atom. The van der Waals surface area contributed by atoms with Crippen molar-refractivity contribution in [2.24, 2.45) is 0 Å². The van der Waals surface area contributed by atoms with Crippen molar-refractivity contribution in [3.63, 3.8) is 0 Å². The minimum atomic E-state index is -0.840. The number of aromatic nitrogens is 3. The number of nitrogen functional groups attached to an aromatic ring is 1. The molecule has 158 valence electrons. The summed E-state index contributed by atoms with van der Waals surface area (Å²) in [5, 5.41) is 7.65. The van der Waals surface area contributed by atoms with Crippen LogP contribution in [-0.4, -0.2) is 27.9 Å². The van der Waals surface area contributed by atoms with E-state index in [0.717, 1.165) is 49.2 Å². The average molecular weight is 434 g/mol. The second-order valence-corrected chi connectivity index (χ2v) is 7.73. The first-order chi connectivity index (χ1) is 14.4. The van der Waals surface area contributed by atoms with Gasteiger partial charge in [-0.05, 0) is 45.0 Å². The van der Waals surface area contributed by atoms with Crippen molar-refractivity contribution in [2.75, 3.05) is 18.8 Å². The van der Waals surface area contributed by atoms with Crippen LogP contribution in [0.25, 0.3) is 11.1 Å². The number of hydrogen-bond donors (Lipinski definition) is 2.